The number of hydrogen-bond donors (Lipinski definition) is 1. The molecular weight excluding hydrogens is 254 g/mol. The van der Waals surface area contributed by atoms with Gasteiger partial charge in [-0.1, -0.05) is 31.0 Å². The number of carbonyl (C=O) groups is 2. The van der Waals surface area contributed by atoms with Crippen molar-refractivity contribution in [1.82, 2.24) is 4.90 Å². The molecule has 1 aliphatic carbocycles. The van der Waals surface area contributed by atoms with Crippen LogP contribution in [0, 0.1) is 6.92 Å². The summed E-state index contributed by atoms with van der Waals surface area (Å²) in [6.45, 7) is 2.21. The van der Waals surface area contributed by atoms with Crippen LogP contribution in [0.25, 0.3) is 0 Å². The highest BCUT2D eigenvalue weighted by Crippen LogP contribution is 2.25. The molecule has 1 aromatic carbocycles. The van der Waals surface area contributed by atoms with Gasteiger partial charge in [-0.15, -0.1) is 0 Å². The molecule has 0 aromatic heterocycles. The average molecular weight is 275 g/mol. The number of hydrogen-bond acceptors (Lipinski definition) is 2. The fourth-order valence-corrected chi connectivity index (χ4v) is 2.85. The Kier molecular flexibility index (Phi) is 4.77. The van der Waals surface area contributed by atoms with Crippen LogP contribution in [0.4, 0.5) is 0 Å². The van der Waals surface area contributed by atoms with Crippen LogP contribution in [-0.4, -0.2) is 34.5 Å². The first-order valence-electron chi connectivity index (χ1n) is 7.18. The van der Waals surface area contributed by atoms with Gasteiger partial charge in [0.2, 0.25) is 0 Å². The molecule has 108 valence electrons. The number of carboxylic acid groups (broad SMARTS) is 1. The Morgan fingerprint density at radius 1 is 1.25 bits per heavy atom. The monoisotopic (exact) mass is 275 g/mol. The molecule has 0 unspecified atom stereocenters. The molecule has 0 atom stereocenters. The number of rotatable bonds is 5. The van der Waals surface area contributed by atoms with E-state index in [0.717, 1.165) is 31.2 Å². The quantitative estimate of drug-likeness (QED) is 0.899. The van der Waals surface area contributed by atoms with Gasteiger partial charge in [-0.3, -0.25) is 9.59 Å². The van der Waals surface area contributed by atoms with Gasteiger partial charge in [-0.05, 0) is 31.4 Å². The van der Waals surface area contributed by atoms with Crippen molar-refractivity contribution in [3.63, 3.8) is 0 Å². The summed E-state index contributed by atoms with van der Waals surface area (Å²) in [6.07, 6.45) is 4.22. The van der Waals surface area contributed by atoms with Crippen molar-refractivity contribution in [2.45, 2.75) is 45.1 Å². The zero-order valence-corrected chi connectivity index (χ0v) is 11.8. The maximum absolute atomic E-state index is 12.7. The average Bonchev–Trinajstić information content (AvgIpc) is 2.93. The Balaban J connectivity index is 2.18. The zero-order chi connectivity index (χ0) is 14.5. The van der Waals surface area contributed by atoms with Crippen LogP contribution in [-0.2, 0) is 4.79 Å². The summed E-state index contributed by atoms with van der Waals surface area (Å²) in [6, 6.07) is 7.69. The second kappa shape index (κ2) is 6.55. The normalized spacial score (nSPS) is 15.2. The molecule has 1 aliphatic rings. The number of aryl methyl sites for hydroxylation is 1. The maximum Gasteiger partial charge on any atom is 0.305 e. The predicted molar refractivity (Wildman–Crippen MR) is 76.7 cm³/mol. The zero-order valence-electron chi connectivity index (χ0n) is 11.8. The van der Waals surface area contributed by atoms with Crippen molar-refractivity contribution >= 4 is 11.9 Å². The van der Waals surface area contributed by atoms with Gasteiger partial charge in [0.15, 0.2) is 0 Å². The lowest BCUT2D eigenvalue weighted by Gasteiger charge is -2.29. The number of aliphatic carboxylic acids is 1. The lowest BCUT2D eigenvalue weighted by Crippen LogP contribution is -2.40. The molecule has 1 aromatic rings. The van der Waals surface area contributed by atoms with Crippen molar-refractivity contribution in [3.8, 4) is 0 Å². The molecule has 0 heterocycles. The molecule has 1 saturated carbocycles. The third-order valence-corrected chi connectivity index (χ3v) is 3.97. The third-order valence-electron chi connectivity index (χ3n) is 3.97. The van der Waals surface area contributed by atoms with E-state index >= 15 is 0 Å². The summed E-state index contributed by atoms with van der Waals surface area (Å²) in [4.78, 5) is 25.3. The summed E-state index contributed by atoms with van der Waals surface area (Å²) in [5.41, 5.74) is 1.63. The minimum atomic E-state index is -0.856. The lowest BCUT2D eigenvalue weighted by atomic mass is 10.1. The van der Waals surface area contributed by atoms with E-state index in [1.54, 1.807) is 4.90 Å². The van der Waals surface area contributed by atoms with E-state index in [1.807, 2.05) is 31.2 Å². The van der Waals surface area contributed by atoms with Gasteiger partial charge in [0.05, 0.1) is 6.42 Å². The Morgan fingerprint density at radius 2 is 1.90 bits per heavy atom. The Morgan fingerprint density at radius 3 is 2.50 bits per heavy atom. The van der Waals surface area contributed by atoms with E-state index in [1.165, 1.54) is 0 Å². The van der Waals surface area contributed by atoms with Crippen LogP contribution in [0.2, 0.25) is 0 Å². The minimum Gasteiger partial charge on any atom is -0.481 e. The second-order valence-corrected chi connectivity index (χ2v) is 5.40. The first-order chi connectivity index (χ1) is 9.59. The molecule has 1 amide bonds. The van der Waals surface area contributed by atoms with E-state index in [-0.39, 0.29) is 18.4 Å². The molecule has 0 spiro atoms. The fourth-order valence-electron chi connectivity index (χ4n) is 2.85. The van der Waals surface area contributed by atoms with Crippen molar-refractivity contribution in [2.75, 3.05) is 6.54 Å². The highest BCUT2D eigenvalue weighted by Gasteiger charge is 2.28. The van der Waals surface area contributed by atoms with Gasteiger partial charge in [-0.2, -0.15) is 0 Å². The minimum absolute atomic E-state index is 0.00806. The second-order valence-electron chi connectivity index (χ2n) is 5.40. The van der Waals surface area contributed by atoms with Crippen LogP contribution in [0.15, 0.2) is 24.3 Å². The number of nitrogens with zero attached hydrogens (tertiary/aromatic N) is 1. The predicted octanol–water partition coefficient (Wildman–Crippen LogP) is 2.85. The van der Waals surface area contributed by atoms with Gasteiger partial charge < -0.3 is 10.0 Å². The van der Waals surface area contributed by atoms with E-state index in [9.17, 15) is 9.59 Å². The molecule has 0 aliphatic heterocycles. The van der Waals surface area contributed by atoms with E-state index in [2.05, 4.69) is 0 Å². The Hall–Kier alpha value is -1.84. The third kappa shape index (κ3) is 3.38. The van der Waals surface area contributed by atoms with Gasteiger partial charge >= 0.3 is 5.97 Å². The number of benzene rings is 1. The number of amides is 1. The topological polar surface area (TPSA) is 57.6 Å². The number of carboxylic acids is 1. The van der Waals surface area contributed by atoms with Gasteiger partial charge in [0, 0.05) is 18.2 Å². The molecule has 1 N–H and O–H groups in total. The molecule has 20 heavy (non-hydrogen) atoms. The van der Waals surface area contributed by atoms with E-state index < -0.39 is 5.97 Å². The van der Waals surface area contributed by atoms with Crippen molar-refractivity contribution in [3.05, 3.63) is 35.4 Å². The highest BCUT2D eigenvalue weighted by molar-refractivity contribution is 5.96. The Bertz CT molecular complexity index is 492. The fraction of sp³-hybridized carbons (Fsp3) is 0.500. The standard InChI is InChI=1S/C16H21NO3/c1-12-6-2-5-9-14(12)16(20)17(11-10-15(18)19)13-7-3-4-8-13/h2,5-6,9,13H,3-4,7-8,10-11H2,1H3,(H,18,19). The molecule has 0 bridgehead atoms. The first-order valence-corrected chi connectivity index (χ1v) is 7.18. The highest BCUT2D eigenvalue weighted by atomic mass is 16.4. The van der Waals surface area contributed by atoms with Gasteiger partial charge in [0.1, 0.15) is 0 Å². The molecular formula is C16H21NO3. The van der Waals surface area contributed by atoms with E-state index in [0.29, 0.717) is 12.1 Å². The summed E-state index contributed by atoms with van der Waals surface area (Å²) in [7, 11) is 0. The number of carbonyl (C=O) groups excluding carboxylic acids is 1. The van der Waals surface area contributed by atoms with Crippen molar-refractivity contribution in [2.24, 2.45) is 0 Å². The summed E-state index contributed by atoms with van der Waals surface area (Å²) >= 11 is 0. The summed E-state index contributed by atoms with van der Waals surface area (Å²) in [5, 5.41) is 8.87. The molecule has 4 nitrogen and oxygen atoms in total. The SMILES string of the molecule is Cc1ccccc1C(=O)N(CCC(=O)O)C1CCCC1. The van der Waals surface area contributed by atoms with Crippen LogP contribution in [0.1, 0.15) is 48.0 Å². The van der Waals surface area contributed by atoms with Gasteiger partial charge in [-0.25, -0.2) is 0 Å². The first kappa shape index (κ1) is 14.6. The van der Waals surface area contributed by atoms with Crippen LogP contribution in [0.5, 0.6) is 0 Å². The summed E-state index contributed by atoms with van der Waals surface area (Å²) in [5.74, 6) is -0.887. The van der Waals surface area contributed by atoms with Crippen molar-refractivity contribution < 1.29 is 14.7 Å². The lowest BCUT2D eigenvalue weighted by molar-refractivity contribution is -0.137. The Labute approximate surface area is 119 Å². The summed E-state index contributed by atoms with van der Waals surface area (Å²) < 4.78 is 0. The van der Waals surface area contributed by atoms with Crippen LogP contribution < -0.4 is 0 Å². The van der Waals surface area contributed by atoms with Crippen LogP contribution in [0.3, 0.4) is 0 Å². The molecule has 1 fully saturated rings. The smallest absolute Gasteiger partial charge is 0.305 e. The maximum atomic E-state index is 12.7. The van der Waals surface area contributed by atoms with Crippen molar-refractivity contribution in [1.29, 1.82) is 0 Å². The largest absolute Gasteiger partial charge is 0.481 e. The van der Waals surface area contributed by atoms with E-state index in [4.69, 9.17) is 5.11 Å². The van der Waals surface area contributed by atoms with Crippen LogP contribution >= 0.6 is 0 Å². The van der Waals surface area contributed by atoms with Gasteiger partial charge in [0.25, 0.3) is 5.91 Å². The molecule has 4 heteroatoms. The molecule has 0 radical (unpaired) electrons. The molecule has 2 rings (SSSR count). The molecule has 0 saturated heterocycles.